The number of fused-ring (bicyclic) bond motifs is 1. The molecule has 0 aliphatic rings. The van der Waals surface area contributed by atoms with E-state index in [2.05, 4.69) is 15.5 Å². The quantitative estimate of drug-likeness (QED) is 0.498. The van der Waals surface area contributed by atoms with Gasteiger partial charge in [0, 0.05) is 27.7 Å². The van der Waals surface area contributed by atoms with Crippen molar-refractivity contribution >= 4 is 45.7 Å². The maximum absolute atomic E-state index is 12.4. The number of nitrogens with zero attached hydrogens (tertiary/aromatic N) is 1. The molecule has 0 saturated heterocycles. The third kappa shape index (κ3) is 3.30. The van der Waals surface area contributed by atoms with Crippen LogP contribution in [0.1, 0.15) is 29.3 Å². The number of hydrazone groups is 1. The number of amides is 1. The Labute approximate surface area is 149 Å². The number of aromatic nitrogens is 1. The fourth-order valence-corrected chi connectivity index (χ4v) is 3.01. The van der Waals surface area contributed by atoms with Crippen molar-refractivity contribution < 1.29 is 4.79 Å². The number of rotatable bonds is 4. The van der Waals surface area contributed by atoms with Crippen LogP contribution in [0.3, 0.4) is 0 Å². The molecule has 0 radical (unpaired) electrons. The molecule has 6 heteroatoms. The molecule has 0 unspecified atom stereocenters. The van der Waals surface area contributed by atoms with E-state index in [-0.39, 0.29) is 5.91 Å². The van der Waals surface area contributed by atoms with Gasteiger partial charge in [0.2, 0.25) is 0 Å². The van der Waals surface area contributed by atoms with Crippen molar-refractivity contribution in [1.82, 2.24) is 10.4 Å². The van der Waals surface area contributed by atoms with Gasteiger partial charge < -0.3 is 4.98 Å². The number of para-hydroxylation sites is 1. The number of halogens is 2. The number of hydrogen-bond donors (Lipinski definition) is 2. The minimum Gasteiger partial charge on any atom is -0.360 e. The molecule has 0 bridgehead atoms. The molecular formula is C18H15Cl2N3O. The second-order valence-electron chi connectivity index (χ2n) is 5.23. The van der Waals surface area contributed by atoms with Crippen LogP contribution in [0.4, 0.5) is 0 Å². The Balaban J connectivity index is 1.86. The summed E-state index contributed by atoms with van der Waals surface area (Å²) >= 11 is 12.1. The van der Waals surface area contributed by atoms with Crippen molar-refractivity contribution in [3.05, 3.63) is 69.8 Å². The zero-order valence-corrected chi connectivity index (χ0v) is 14.4. The van der Waals surface area contributed by atoms with Gasteiger partial charge in [0.25, 0.3) is 5.91 Å². The lowest BCUT2D eigenvalue weighted by molar-refractivity contribution is 0.0956. The lowest BCUT2D eigenvalue weighted by atomic mass is 10.1. The highest BCUT2D eigenvalue weighted by atomic mass is 35.5. The van der Waals surface area contributed by atoms with Crippen LogP contribution in [0.5, 0.6) is 0 Å². The molecule has 3 aromatic rings. The number of carbonyl (C=O) groups is 1. The van der Waals surface area contributed by atoms with Crippen molar-refractivity contribution in [1.29, 1.82) is 0 Å². The van der Waals surface area contributed by atoms with E-state index in [1.807, 2.05) is 31.2 Å². The molecule has 2 N–H and O–H groups in total. The van der Waals surface area contributed by atoms with Gasteiger partial charge in [0.15, 0.2) is 0 Å². The zero-order chi connectivity index (χ0) is 17.1. The Morgan fingerprint density at radius 2 is 1.96 bits per heavy atom. The zero-order valence-electron chi connectivity index (χ0n) is 12.9. The van der Waals surface area contributed by atoms with Crippen LogP contribution in [0.2, 0.25) is 10.0 Å². The molecule has 3 rings (SSSR count). The fourth-order valence-electron chi connectivity index (χ4n) is 2.49. The SMILES string of the molecule is CC/C(=N\NC(=O)c1c[nH]c2ccccc12)c1ccc(Cl)cc1Cl. The minimum absolute atomic E-state index is 0.275. The van der Waals surface area contributed by atoms with Gasteiger partial charge in [-0.05, 0) is 24.6 Å². The van der Waals surface area contributed by atoms with Crippen molar-refractivity contribution in [2.75, 3.05) is 0 Å². The van der Waals surface area contributed by atoms with Crippen molar-refractivity contribution in [2.45, 2.75) is 13.3 Å². The summed E-state index contributed by atoms with van der Waals surface area (Å²) in [7, 11) is 0. The highest BCUT2D eigenvalue weighted by Crippen LogP contribution is 2.22. The van der Waals surface area contributed by atoms with Gasteiger partial charge in [-0.15, -0.1) is 0 Å². The van der Waals surface area contributed by atoms with Gasteiger partial charge >= 0.3 is 0 Å². The summed E-state index contributed by atoms with van der Waals surface area (Å²) in [4.78, 5) is 15.5. The summed E-state index contributed by atoms with van der Waals surface area (Å²) in [5.41, 5.74) is 5.50. The van der Waals surface area contributed by atoms with E-state index in [1.54, 1.807) is 24.4 Å². The number of aromatic amines is 1. The third-order valence-corrected chi connectivity index (χ3v) is 4.25. The first-order chi connectivity index (χ1) is 11.6. The van der Waals surface area contributed by atoms with Crippen LogP contribution in [-0.4, -0.2) is 16.6 Å². The largest absolute Gasteiger partial charge is 0.360 e. The Morgan fingerprint density at radius 1 is 1.17 bits per heavy atom. The van der Waals surface area contributed by atoms with Crippen LogP contribution in [0, 0.1) is 0 Å². The van der Waals surface area contributed by atoms with E-state index < -0.39 is 0 Å². The standard InChI is InChI=1S/C18H15Cl2N3O/c1-2-16(13-8-7-11(19)9-15(13)20)22-23-18(24)14-10-21-17-6-4-3-5-12(14)17/h3-10,21H,2H2,1H3,(H,23,24)/b22-16+. The number of hydrogen-bond acceptors (Lipinski definition) is 2. The van der Waals surface area contributed by atoms with E-state index in [1.165, 1.54) is 0 Å². The van der Waals surface area contributed by atoms with E-state index in [9.17, 15) is 4.79 Å². The van der Waals surface area contributed by atoms with Crippen LogP contribution in [-0.2, 0) is 0 Å². The van der Waals surface area contributed by atoms with Crippen molar-refractivity contribution in [3.63, 3.8) is 0 Å². The second-order valence-corrected chi connectivity index (χ2v) is 6.07. The van der Waals surface area contributed by atoms with Crippen LogP contribution >= 0.6 is 23.2 Å². The fraction of sp³-hybridized carbons (Fsp3) is 0.111. The van der Waals surface area contributed by atoms with Gasteiger partial charge in [-0.3, -0.25) is 4.79 Å². The molecule has 0 saturated carbocycles. The molecule has 0 aliphatic heterocycles. The van der Waals surface area contributed by atoms with E-state index >= 15 is 0 Å². The molecule has 0 spiro atoms. The van der Waals surface area contributed by atoms with Gasteiger partial charge in [0.1, 0.15) is 0 Å². The molecule has 1 heterocycles. The van der Waals surface area contributed by atoms with Crippen LogP contribution in [0.25, 0.3) is 10.9 Å². The summed E-state index contributed by atoms with van der Waals surface area (Å²) in [6, 6.07) is 12.8. The first-order valence-corrected chi connectivity index (χ1v) is 8.24. The molecule has 0 fully saturated rings. The smallest absolute Gasteiger partial charge is 0.273 e. The molecule has 0 atom stereocenters. The van der Waals surface area contributed by atoms with Crippen molar-refractivity contribution in [2.24, 2.45) is 5.10 Å². The maximum Gasteiger partial charge on any atom is 0.273 e. The number of carbonyl (C=O) groups excluding carboxylic acids is 1. The van der Waals surface area contributed by atoms with E-state index in [0.29, 0.717) is 27.7 Å². The average Bonchev–Trinajstić information content (AvgIpc) is 3.01. The molecular weight excluding hydrogens is 345 g/mol. The lowest BCUT2D eigenvalue weighted by Crippen LogP contribution is -2.19. The number of H-pyrrole nitrogens is 1. The summed E-state index contributed by atoms with van der Waals surface area (Å²) in [6.07, 6.45) is 2.30. The third-order valence-electron chi connectivity index (χ3n) is 3.70. The topological polar surface area (TPSA) is 57.2 Å². The number of nitrogens with one attached hydrogen (secondary N) is 2. The molecule has 1 amide bonds. The Kier molecular flexibility index (Phi) is 4.88. The predicted octanol–water partition coefficient (Wildman–Crippen LogP) is 5.02. The molecule has 122 valence electrons. The van der Waals surface area contributed by atoms with E-state index in [0.717, 1.165) is 16.5 Å². The normalized spacial score (nSPS) is 11.7. The maximum atomic E-state index is 12.4. The lowest BCUT2D eigenvalue weighted by Gasteiger charge is -2.07. The summed E-state index contributed by atoms with van der Waals surface area (Å²) < 4.78 is 0. The van der Waals surface area contributed by atoms with Crippen LogP contribution in [0.15, 0.2) is 53.8 Å². The van der Waals surface area contributed by atoms with Crippen molar-refractivity contribution in [3.8, 4) is 0 Å². The molecule has 2 aromatic carbocycles. The first-order valence-electron chi connectivity index (χ1n) is 7.48. The highest BCUT2D eigenvalue weighted by molar-refractivity contribution is 6.37. The monoisotopic (exact) mass is 359 g/mol. The summed E-state index contributed by atoms with van der Waals surface area (Å²) in [6.45, 7) is 1.95. The van der Waals surface area contributed by atoms with Gasteiger partial charge in [-0.2, -0.15) is 5.10 Å². The first kappa shape index (κ1) is 16.6. The van der Waals surface area contributed by atoms with E-state index in [4.69, 9.17) is 23.2 Å². The Hall–Kier alpha value is -2.30. The predicted molar refractivity (Wildman–Crippen MR) is 99.1 cm³/mol. The van der Waals surface area contributed by atoms with Gasteiger partial charge in [0.05, 0.1) is 16.3 Å². The second kappa shape index (κ2) is 7.07. The van der Waals surface area contributed by atoms with Gasteiger partial charge in [-0.25, -0.2) is 5.43 Å². The summed E-state index contributed by atoms with van der Waals surface area (Å²) in [5, 5.41) is 6.16. The Morgan fingerprint density at radius 3 is 2.71 bits per heavy atom. The molecule has 0 aliphatic carbocycles. The Bertz CT molecular complexity index is 931. The average molecular weight is 360 g/mol. The highest BCUT2D eigenvalue weighted by Gasteiger charge is 2.12. The minimum atomic E-state index is -0.275. The number of benzene rings is 2. The van der Waals surface area contributed by atoms with Crippen LogP contribution < -0.4 is 5.43 Å². The molecule has 1 aromatic heterocycles. The molecule has 4 nitrogen and oxygen atoms in total. The summed E-state index contributed by atoms with van der Waals surface area (Å²) in [5.74, 6) is -0.275. The van der Waals surface area contributed by atoms with Gasteiger partial charge in [-0.1, -0.05) is 54.4 Å². The molecule has 24 heavy (non-hydrogen) atoms.